The van der Waals surface area contributed by atoms with Gasteiger partial charge in [-0.3, -0.25) is 14.4 Å². The molecule has 2 fully saturated rings. The van der Waals surface area contributed by atoms with Gasteiger partial charge in [-0.15, -0.1) is 11.8 Å². The third-order valence-electron chi connectivity index (χ3n) is 6.86. The minimum atomic E-state index is -0.608. The van der Waals surface area contributed by atoms with Crippen molar-refractivity contribution >= 4 is 41.2 Å². The van der Waals surface area contributed by atoms with Crippen molar-refractivity contribution in [3.63, 3.8) is 0 Å². The van der Waals surface area contributed by atoms with Crippen molar-refractivity contribution in [3.8, 4) is 0 Å². The zero-order chi connectivity index (χ0) is 26.5. The Morgan fingerprint density at radius 3 is 2.57 bits per heavy atom. The van der Waals surface area contributed by atoms with Crippen LogP contribution in [0.3, 0.4) is 0 Å². The van der Waals surface area contributed by atoms with E-state index in [1.807, 2.05) is 32.0 Å². The van der Waals surface area contributed by atoms with E-state index in [9.17, 15) is 14.4 Å². The third-order valence-corrected chi connectivity index (χ3v) is 9.15. The highest BCUT2D eigenvalue weighted by molar-refractivity contribution is 7.99. The molecule has 0 bridgehead atoms. The van der Waals surface area contributed by atoms with Gasteiger partial charge in [-0.1, -0.05) is 63.4 Å². The summed E-state index contributed by atoms with van der Waals surface area (Å²) in [5.41, 5.74) is 1.20. The van der Waals surface area contributed by atoms with E-state index in [1.54, 1.807) is 28.4 Å². The number of nitrogens with zero attached hydrogens (tertiary/aromatic N) is 1. The highest BCUT2D eigenvalue weighted by atomic mass is 32.2. The van der Waals surface area contributed by atoms with Crippen LogP contribution in [0.15, 0.2) is 30.3 Å². The van der Waals surface area contributed by atoms with Gasteiger partial charge in [0.25, 0.3) is 0 Å². The molecule has 1 aromatic rings. The molecule has 1 heterocycles. The van der Waals surface area contributed by atoms with Gasteiger partial charge in [0.2, 0.25) is 17.7 Å². The maximum Gasteiger partial charge on any atom is 0.244 e. The second-order valence-electron chi connectivity index (χ2n) is 10.5. The maximum absolute atomic E-state index is 13.2. The zero-order valence-electron chi connectivity index (χ0n) is 22.4. The van der Waals surface area contributed by atoms with Crippen LogP contribution in [0.2, 0.25) is 0 Å². The van der Waals surface area contributed by atoms with E-state index in [0.717, 1.165) is 12.3 Å². The summed E-state index contributed by atoms with van der Waals surface area (Å²) in [5, 5.41) is 9.35. The molecule has 1 unspecified atom stereocenters. The van der Waals surface area contributed by atoms with Crippen LogP contribution in [-0.2, 0) is 20.9 Å². The number of benzene rings is 1. The van der Waals surface area contributed by atoms with Gasteiger partial charge in [-0.25, -0.2) is 0 Å². The standard InChI is InChI=1S/C28H44N4O3S2/c1-21(2)15-26(33)32-20-37-19-25(32)28(35)31-24(18-36-17-23-11-7-4-8-12-23)27(34)30-14-13-29-16-22-9-5-3-6-10-22/h3,5-6,9-10,21,23-25,29H,4,7-8,11-20H2,1-2H3,(H,30,34)(H,31,35)/t24?,25-/m0/s1. The molecule has 1 saturated heterocycles. The Labute approximate surface area is 231 Å². The van der Waals surface area contributed by atoms with Crippen LogP contribution in [0, 0.1) is 11.8 Å². The van der Waals surface area contributed by atoms with E-state index in [-0.39, 0.29) is 23.6 Å². The first-order chi connectivity index (χ1) is 17.9. The number of rotatable bonds is 14. The minimum absolute atomic E-state index is 0.0114. The zero-order valence-corrected chi connectivity index (χ0v) is 24.0. The minimum Gasteiger partial charge on any atom is -0.353 e. The highest BCUT2D eigenvalue weighted by Gasteiger charge is 2.36. The van der Waals surface area contributed by atoms with Gasteiger partial charge >= 0.3 is 0 Å². The molecule has 0 aromatic heterocycles. The van der Waals surface area contributed by atoms with Crippen LogP contribution < -0.4 is 16.0 Å². The lowest BCUT2D eigenvalue weighted by molar-refractivity contribution is -0.139. The van der Waals surface area contributed by atoms with Crippen molar-refractivity contribution in [2.24, 2.45) is 11.8 Å². The smallest absolute Gasteiger partial charge is 0.244 e. The second kappa shape index (κ2) is 16.3. The highest BCUT2D eigenvalue weighted by Crippen LogP contribution is 2.27. The molecule has 1 saturated carbocycles. The fourth-order valence-electron chi connectivity index (χ4n) is 4.76. The molecule has 37 heavy (non-hydrogen) atoms. The fourth-order valence-corrected chi connectivity index (χ4v) is 7.21. The largest absolute Gasteiger partial charge is 0.353 e. The van der Waals surface area contributed by atoms with Crippen LogP contribution in [0.5, 0.6) is 0 Å². The van der Waals surface area contributed by atoms with E-state index in [2.05, 4.69) is 28.1 Å². The van der Waals surface area contributed by atoms with Gasteiger partial charge < -0.3 is 20.9 Å². The molecule has 1 aliphatic carbocycles. The lowest BCUT2D eigenvalue weighted by Gasteiger charge is -2.27. The summed E-state index contributed by atoms with van der Waals surface area (Å²) < 4.78 is 0. The van der Waals surface area contributed by atoms with Crippen molar-refractivity contribution in [3.05, 3.63) is 35.9 Å². The monoisotopic (exact) mass is 548 g/mol. The normalized spacial score (nSPS) is 19.1. The molecule has 0 spiro atoms. The van der Waals surface area contributed by atoms with E-state index in [1.165, 1.54) is 37.7 Å². The molecule has 1 aliphatic heterocycles. The van der Waals surface area contributed by atoms with Crippen LogP contribution in [0.25, 0.3) is 0 Å². The molecular weight excluding hydrogens is 504 g/mol. The average Bonchev–Trinajstić information content (AvgIpc) is 3.39. The predicted molar refractivity (Wildman–Crippen MR) is 154 cm³/mol. The Kier molecular flexibility index (Phi) is 13.1. The van der Waals surface area contributed by atoms with Crippen molar-refractivity contribution < 1.29 is 14.4 Å². The Hall–Kier alpha value is -1.71. The second-order valence-corrected chi connectivity index (χ2v) is 12.6. The molecule has 7 nitrogen and oxygen atoms in total. The first kappa shape index (κ1) is 29.8. The molecule has 3 N–H and O–H groups in total. The lowest BCUT2D eigenvalue weighted by atomic mass is 9.91. The molecule has 3 amide bonds. The van der Waals surface area contributed by atoms with Crippen molar-refractivity contribution in [2.75, 3.05) is 36.2 Å². The summed E-state index contributed by atoms with van der Waals surface area (Å²) in [5.74, 6) is 3.26. The Bertz CT molecular complexity index is 849. The molecule has 2 aliphatic rings. The van der Waals surface area contributed by atoms with Crippen molar-refractivity contribution in [2.45, 2.75) is 71.0 Å². The first-order valence-corrected chi connectivity index (χ1v) is 16.0. The van der Waals surface area contributed by atoms with Crippen LogP contribution in [-0.4, -0.2) is 70.9 Å². The Morgan fingerprint density at radius 2 is 1.84 bits per heavy atom. The van der Waals surface area contributed by atoms with E-state index >= 15 is 0 Å². The summed E-state index contributed by atoms with van der Waals surface area (Å²) in [6.45, 7) is 5.90. The number of amides is 3. The molecule has 9 heteroatoms. The number of thioether (sulfide) groups is 2. The average molecular weight is 549 g/mol. The number of hydrogen-bond donors (Lipinski definition) is 3. The van der Waals surface area contributed by atoms with Gasteiger partial charge in [0.15, 0.2) is 0 Å². The van der Waals surface area contributed by atoms with Crippen LogP contribution >= 0.6 is 23.5 Å². The summed E-state index contributed by atoms with van der Waals surface area (Å²) in [7, 11) is 0. The Morgan fingerprint density at radius 1 is 1.08 bits per heavy atom. The fraction of sp³-hybridized carbons (Fsp3) is 0.679. The topological polar surface area (TPSA) is 90.5 Å². The molecule has 2 atom stereocenters. The SMILES string of the molecule is CC(C)CC(=O)N1CSC[C@H]1C(=O)NC(CSCC1CCCCC1)C(=O)NCCNCc1ccccc1. The van der Waals surface area contributed by atoms with Crippen molar-refractivity contribution in [1.82, 2.24) is 20.9 Å². The summed E-state index contributed by atoms with van der Waals surface area (Å²) in [4.78, 5) is 40.7. The van der Waals surface area contributed by atoms with E-state index in [4.69, 9.17) is 0 Å². The number of carbonyl (C=O) groups excluding carboxylic acids is 3. The summed E-state index contributed by atoms with van der Waals surface area (Å²) in [6.07, 6.45) is 6.86. The van der Waals surface area contributed by atoms with Gasteiger partial charge in [-0.2, -0.15) is 11.8 Å². The van der Waals surface area contributed by atoms with Crippen LogP contribution in [0.1, 0.15) is 57.9 Å². The van der Waals surface area contributed by atoms with Gasteiger partial charge in [-0.05, 0) is 36.0 Å². The van der Waals surface area contributed by atoms with E-state index < -0.39 is 12.1 Å². The van der Waals surface area contributed by atoms with Gasteiger partial charge in [0.1, 0.15) is 12.1 Å². The van der Waals surface area contributed by atoms with Crippen LogP contribution in [0.4, 0.5) is 0 Å². The molecule has 206 valence electrons. The van der Waals surface area contributed by atoms with Gasteiger partial charge in [0.05, 0.1) is 5.88 Å². The molecule has 1 aromatic carbocycles. The van der Waals surface area contributed by atoms with Crippen molar-refractivity contribution in [1.29, 1.82) is 0 Å². The van der Waals surface area contributed by atoms with E-state index in [0.29, 0.717) is 42.8 Å². The molecule has 0 radical (unpaired) electrons. The summed E-state index contributed by atoms with van der Waals surface area (Å²) >= 11 is 3.35. The van der Waals surface area contributed by atoms with Gasteiger partial charge in [0, 0.05) is 37.6 Å². The number of hydrogen-bond acceptors (Lipinski definition) is 6. The number of nitrogens with one attached hydrogen (secondary N) is 3. The molecular formula is C28H44N4O3S2. The Balaban J connectivity index is 1.51. The quantitative estimate of drug-likeness (QED) is 0.308. The third kappa shape index (κ3) is 10.5. The summed E-state index contributed by atoms with van der Waals surface area (Å²) in [6, 6.07) is 9.03. The predicted octanol–water partition coefficient (Wildman–Crippen LogP) is 3.64. The maximum atomic E-state index is 13.2. The lowest BCUT2D eigenvalue weighted by Crippen LogP contribution is -2.55. The molecule has 3 rings (SSSR count). The number of carbonyl (C=O) groups is 3. The first-order valence-electron chi connectivity index (χ1n) is 13.7.